The number of nitrogens with one attached hydrogen (secondary N) is 2. The first-order valence-corrected chi connectivity index (χ1v) is 7.81. The predicted octanol–water partition coefficient (Wildman–Crippen LogP) is 0.227. The Morgan fingerprint density at radius 1 is 1.38 bits per heavy atom. The van der Waals surface area contributed by atoms with Crippen LogP contribution >= 0.6 is 0 Å². The summed E-state index contributed by atoms with van der Waals surface area (Å²) in [6, 6.07) is 5.19. The first kappa shape index (κ1) is 17.5. The molecule has 1 aliphatic heterocycles. The molecule has 2 aromatic rings. The first-order valence-electron chi connectivity index (χ1n) is 7.81. The highest BCUT2D eigenvalue weighted by molar-refractivity contribution is 6.03. The quantitative estimate of drug-likeness (QED) is 0.439. The summed E-state index contributed by atoms with van der Waals surface area (Å²) in [6.45, 7) is 0. The molecule has 26 heavy (non-hydrogen) atoms. The molecular formula is C16H20N6O4. The van der Waals surface area contributed by atoms with E-state index in [9.17, 15) is 9.90 Å². The lowest BCUT2D eigenvalue weighted by Crippen LogP contribution is -2.29. The number of rotatable bonds is 5. The Hall–Kier alpha value is -3.27. The Morgan fingerprint density at radius 3 is 2.81 bits per heavy atom. The van der Waals surface area contributed by atoms with Crippen LogP contribution in [0.25, 0.3) is 0 Å². The fraction of sp³-hybridized carbons (Fsp3) is 0.312. The van der Waals surface area contributed by atoms with E-state index in [1.54, 1.807) is 26.4 Å². The van der Waals surface area contributed by atoms with E-state index in [1.165, 1.54) is 11.6 Å². The van der Waals surface area contributed by atoms with Crippen LogP contribution in [0.4, 0.5) is 5.95 Å². The van der Waals surface area contributed by atoms with Crippen LogP contribution in [0.3, 0.4) is 0 Å². The summed E-state index contributed by atoms with van der Waals surface area (Å²) in [5.41, 5.74) is 6.04. The third-order valence-electron chi connectivity index (χ3n) is 4.25. The van der Waals surface area contributed by atoms with Crippen LogP contribution in [-0.4, -0.2) is 34.6 Å². The van der Waals surface area contributed by atoms with Crippen LogP contribution in [0.2, 0.25) is 0 Å². The molecule has 0 saturated heterocycles. The van der Waals surface area contributed by atoms with Gasteiger partial charge in [0, 0.05) is 19.0 Å². The van der Waals surface area contributed by atoms with Gasteiger partial charge < -0.3 is 20.0 Å². The largest absolute Gasteiger partial charge is 0.497 e. The van der Waals surface area contributed by atoms with Crippen molar-refractivity contribution in [1.82, 2.24) is 15.0 Å². The number of aromatic nitrogens is 2. The highest BCUT2D eigenvalue weighted by Gasteiger charge is 2.29. The molecule has 10 nitrogen and oxygen atoms in total. The molecule has 1 atom stereocenters. The van der Waals surface area contributed by atoms with Crippen molar-refractivity contribution in [2.75, 3.05) is 19.6 Å². The number of hydrogen-bond donors (Lipinski definition) is 4. The molecular weight excluding hydrogens is 340 g/mol. The predicted molar refractivity (Wildman–Crippen MR) is 95.5 cm³/mol. The molecule has 0 aliphatic carbocycles. The molecule has 0 unspecified atom stereocenters. The second kappa shape index (κ2) is 6.92. The van der Waals surface area contributed by atoms with Gasteiger partial charge in [-0.2, -0.15) is 10.1 Å². The number of ether oxygens (including phenoxy) is 2. The summed E-state index contributed by atoms with van der Waals surface area (Å²) in [4.78, 5) is 16.4. The molecule has 10 heteroatoms. The minimum Gasteiger partial charge on any atom is -0.497 e. The van der Waals surface area contributed by atoms with E-state index in [1.807, 2.05) is 6.07 Å². The number of hydrazine groups is 1. The Bertz CT molecular complexity index is 924. The van der Waals surface area contributed by atoms with E-state index < -0.39 is 11.4 Å². The minimum atomic E-state index is -0.454. The number of nitrogens with two attached hydrogens (primary N) is 1. The van der Waals surface area contributed by atoms with Crippen LogP contribution in [0.5, 0.6) is 17.4 Å². The second-order valence-corrected chi connectivity index (χ2v) is 5.69. The lowest BCUT2D eigenvalue weighted by molar-refractivity contribution is 0.392. The van der Waals surface area contributed by atoms with Gasteiger partial charge >= 0.3 is 0 Å². The zero-order chi connectivity index (χ0) is 18.8. The first-order chi connectivity index (χ1) is 12.5. The normalized spacial score (nSPS) is 16.0. The summed E-state index contributed by atoms with van der Waals surface area (Å²) in [5, 5.41) is 14.4. The van der Waals surface area contributed by atoms with E-state index in [0.29, 0.717) is 23.6 Å². The van der Waals surface area contributed by atoms with Gasteiger partial charge in [-0.25, -0.2) is 5.84 Å². The molecule has 2 heterocycles. The van der Waals surface area contributed by atoms with Gasteiger partial charge in [-0.15, -0.1) is 0 Å². The van der Waals surface area contributed by atoms with Gasteiger partial charge in [0.25, 0.3) is 5.56 Å². The second-order valence-electron chi connectivity index (χ2n) is 5.69. The Balaban J connectivity index is 1.95. The van der Waals surface area contributed by atoms with Crippen molar-refractivity contribution in [1.29, 1.82) is 0 Å². The third-order valence-corrected chi connectivity index (χ3v) is 4.25. The van der Waals surface area contributed by atoms with Crippen LogP contribution in [0, 0.1) is 0 Å². The molecule has 0 saturated carbocycles. The smallest absolute Gasteiger partial charge is 0.267 e. The number of benzene rings is 1. The Morgan fingerprint density at radius 2 is 2.15 bits per heavy atom. The van der Waals surface area contributed by atoms with Crippen LogP contribution in [-0.2, 0) is 7.05 Å². The van der Waals surface area contributed by atoms with E-state index in [0.717, 1.165) is 5.56 Å². The standard InChI is InChI=1S/C16H20N6O4/c1-22-15(24)13(14(23)18-16(22)19-17)11-7-10(20-21-11)9-6-8(25-2)4-5-12(9)26-3/h4-6,10,20,23H,7,17H2,1-3H3,(H,18,19)/t10-/m0/s1. The Labute approximate surface area is 149 Å². The van der Waals surface area contributed by atoms with Gasteiger partial charge in [-0.05, 0) is 18.2 Å². The molecule has 0 bridgehead atoms. The minimum absolute atomic E-state index is 0.0309. The average molecular weight is 360 g/mol. The molecule has 0 radical (unpaired) electrons. The van der Waals surface area contributed by atoms with Gasteiger partial charge in [0.1, 0.15) is 17.1 Å². The van der Waals surface area contributed by atoms with Crippen molar-refractivity contribution in [2.45, 2.75) is 12.5 Å². The lowest BCUT2D eigenvalue weighted by Gasteiger charge is -2.16. The summed E-state index contributed by atoms with van der Waals surface area (Å²) in [7, 11) is 4.65. The molecule has 0 fully saturated rings. The summed E-state index contributed by atoms with van der Waals surface area (Å²) in [6.07, 6.45) is 0.364. The van der Waals surface area contributed by atoms with Crippen molar-refractivity contribution in [2.24, 2.45) is 18.0 Å². The number of hydrazone groups is 1. The van der Waals surface area contributed by atoms with E-state index in [4.69, 9.17) is 15.3 Å². The molecule has 3 rings (SSSR count). The molecule has 1 aliphatic rings. The van der Waals surface area contributed by atoms with Crippen LogP contribution in [0.1, 0.15) is 23.6 Å². The fourth-order valence-corrected chi connectivity index (χ4v) is 2.86. The monoisotopic (exact) mass is 360 g/mol. The number of aromatic hydroxyl groups is 1. The zero-order valence-corrected chi connectivity index (χ0v) is 14.6. The highest BCUT2D eigenvalue weighted by atomic mass is 16.5. The summed E-state index contributed by atoms with van der Waals surface area (Å²) in [5.74, 6) is 6.26. The maximum atomic E-state index is 12.5. The van der Waals surface area contributed by atoms with E-state index in [2.05, 4.69) is 20.9 Å². The van der Waals surface area contributed by atoms with E-state index >= 15 is 0 Å². The lowest BCUT2D eigenvalue weighted by atomic mass is 9.99. The SMILES string of the molecule is COc1ccc(OC)c([C@@H]2CC(c3c(O)nc(NN)n(C)c3=O)=NN2)c1. The van der Waals surface area contributed by atoms with Crippen LogP contribution in [0.15, 0.2) is 28.1 Å². The molecule has 1 aromatic heterocycles. The molecule has 0 amide bonds. The molecule has 5 N–H and O–H groups in total. The van der Waals surface area contributed by atoms with Gasteiger partial charge in [0.2, 0.25) is 11.8 Å². The number of anilines is 1. The van der Waals surface area contributed by atoms with Gasteiger partial charge in [-0.3, -0.25) is 14.8 Å². The van der Waals surface area contributed by atoms with E-state index in [-0.39, 0.29) is 17.6 Å². The number of nitrogens with zero attached hydrogens (tertiary/aromatic N) is 3. The van der Waals surface area contributed by atoms with Crippen molar-refractivity contribution < 1.29 is 14.6 Å². The molecule has 138 valence electrons. The van der Waals surface area contributed by atoms with Gasteiger partial charge in [0.05, 0.1) is 26.0 Å². The summed E-state index contributed by atoms with van der Waals surface area (Å²) < 4.78 is 11.9. The highest BCUT2D eigenvalue weighted by Crippen LogP contribution is 2.34. The van der Waals surface area contributed by atoms with Crippen molar-refractivity contribution >= 4 is 11.7 Å². The number of hydrogen-bond acceptors (Lipinski definition) is 9. The van der Waals surface area contributed by atoms with Gasteiger partial charge in [0.15, 0.2) is 0 Å². The van der Waals surface area contributed by atoms with Crippen molar-refractivity contribution in [3.63, 3.8) is 0 Å². The number of nitrogen functional groups attached to an aromatic ring is 1. The average Bonchev–Trinajstić information content (AvgIpc) is 3.13. The third kappa shape index (κ3) is 2.90. The van der Waals surface area contributed by atoms with Crippen molar-refractivity contribution in [3.8, 4) is 17.4 Å². The maximum absolute atomic E-state index is 12.5. The zero-order valence-electron chi connectivity index (χ0n) is 14.6. The van der Waals surface area contributed by atoms with Crippen molar-refractivity contribution in [3.05, 3.63) is 39.7 Å². The molecule has 1 aromatic carbocycles. The Kier molecular flexibility index (Phi) is 4.67. The fourth-order valence-electron chi connectivity index (χ4n) is 2.86. The van der Waals surface area contributed by atoms with Gasteiger partial charge in [-0.1, -0.05) is 0 Å². The maximum Gasteiger partial charge on any atom is 0.267 e. The molecule has 0 spiro atoms. The van der Waals surface area contributed by atoms with Crippen LogP contribution < -0.4 is 31.7 Å². The summed E-state index contributed by atoms with van der Waals surface area (Å²) >= 11 is 0. The topological polar surface area (TPSA) is 136 Å². The number of methoxy groups -OCH3 is 2.